The van der Waals surface area contributed by atoms with Crippen molar-refractivity contribution in [1.29, 1.82) is 0 Å². The molecule has 0 radical (unpaired) electrons. The number of carbonyl (C=O) groups excluding carboxylic acids is 2. The zero-order valence-corrected chi connectivity index (χ0v) is 14.9. The largest absolute Gasteiger partial charge is 0.444 e. The lowest BCUT2D eigenvalue weighted by atomic mass is 10.1. The number of amides is 2. The van der Waals surface area contributed by atoms with Gasteiger partial charge in [-0.25, -0.2) is 4.79 Å². The molecule has 2 unspecified atom stereocenters. The zero-order valence-electron chi connectivity index (χ0n) is 14.9. The molecule has 5 nitrogen and oxygen atoms in total. The SMILES string of the molecule is CC(C)=CC1C(C(=O)NCCNC(=O)OC(C)(C)C)C1(C)C. The summed E-state index contributed by atoms with van der Waals surface area (Å²) in [6.45, 7) is 14.5. The molecule has 0 bridgehead atoms. The third kappa shape index (κ3) is 5.35. The number of hydrogen-bond donors (Lipinski definition) is 2. The first-order valence-electron chi connectivity index (χ1n) is 7.84. The summed E-state index contributed by atoms with van der Waals surface area (Å²) in [5, 5.41) is 5.51. The second-order valence-electron chi connectivity index (χ2n) is 7.79. The Morgan fingerprint density at radius 1 is 1.14 bits per heavy atom. The van der Waals surface area contributed by atoms with Crippen molar-refractivity contribution >= 4 is 12.0 Å². The maximum Gasteiger partial charge on any atom is 0.407 e. The molecular weight excluding hydrogens is 280 g/mol. The van der Waals surface area contributed by atoms with E-state index < -0.39 is 11.7 Å². The van der Waals surface area contributed by atoms with Crippen molar-refractivity contribution in [2.45, 2.75) is 54.1 Å². The standard InChI is InChI=1S/C17H30N2O3/c1-11(2)10-12-13(17(12,6)7)14(20)18-8-9-19-15(21)22-16(3,4)5/h10,12-13H,8-9H2,1-7H3,(H,18,20)(H,19,21). The van der Waals surface area contributed by atoms with Gasteiger partial charge in [-0.05, 0) is 46.0 Å². The summed E-state index contributed by atoms with van der Waals surface area (Å²) in [5.41, 5.74) is 0.739. The van der Waals surface area contributed by atoms with Gasteiger partial charge in [0.15, 0.2) is 0 Å². The van der Waals surface area contributed by atoms with E-state index in [4.69, 9.17) is 4.74 Å². The summed E-state index contributed by atoms with van der Waals surface area (Å²) >= 11 is 0. The Labute approximate surface area is 133 Å². The molecule has 2 N–H and O–H groups in total. The van der Waals surface area contributed by atoms with E-state index in [2.05, 4.69) is 30.6 Å². The van der Waals surface area contributed by atoms with E-state index in [0.717, 1.165) is 0 Å². The molecule has 2 atom stereocenters. The molecule has 0 heterocycles. The fourth-order valence-corrected chi connectivity index (χ4v) is 2.62. The second-order valence-corrected chi connectivity index (χ2v) is 7.79. The van der Waals surface area contributed by atoms with E-state index in [-0.39, 0.29) is 17.2 Å². The topological polar surface area (TPSA) is 67.4 Å². The quantitative estimate of drug-likeness (QED) is 0.606. The minimum absolute atomic E-state index is 0.0138. The van der Waals surface area contributed by atoms with Crippen LogP contribution >= 0.6 is 0 Å². The third-order valence-electron chi connectivity index (χ3n) is 3.80. The van der Waals surface area contributed by atoms with Crippen LogP contribution in [0.1, 0.15) is 48.5 Å². The Balaban J connectivity index is 2.31. The minimum Gasteiger partial charge on any atom is -0.444 e. The Kier molecular flexibility index (Phi) is 5.65. The Morgan fingerprint density at radius 3 is 2.18 bits per heavy atom. The Hall–Kier alpha value is -1.52. The van der Waals surface area contributed by atoms with Crippen LogP contribution in [-0.4, -0.2) is 30.7 Å². The highest BCUT2D eigenvalue weighted by Crippen LogP contribution is 2.59. The van der Waals surface area contributed by atoms with Gasteiger partial charge < -0.3 is 15.4 Å². The maximum absolute atomic E-state index is 12.2. The highest BCUT2D eigenvalue weighted by molar-refractivity contribution is 5.83. The number of ether oxygens (including phenoxy) is 1. The summed E-state index contributed by atoms with van der Waals surface area (Å²) in [6, 6.07) is 0. The summed E-state index contributed by atoms with van der Waals surface area (Å²) in [5.74, 6) is 0.374. The van der Waals surface area contributed by atoms with Crippen LogP contribution in [0.25, 0.3) is 0 Å². The van der Waals surface area contributed by atoms with Crippen molar-refractivity contribution in [3.8, 4) is 0 Å². The number of alkyl carbamates (subject to hydrolysis) is 1. The van der Waals surface area contributed by atoms with Gasteiger partial charge in [0.2, 0.25) is 5.91 Å². The lowest BCUT2D eigenvalue weighted by Crippen LogP contribution is -2.38. The molecule has 0 aromatic heterocycles. The van der Waals surface area contributed by atoms with E-state index in [1.807, 2.05) is 34.6 Å². The molecule has 1 aliphatic carbocycles. The predicted octanol–water partition coefficient (Wildman–Crippen LogP) is 2.87. The average Bonchev–Trinajstić information content (AvgIpc) is 2.83. The minimum atomic E-state index is -0.511. The van der Waals surface area contributed by atoms with Crippen LogP contribution < -0.4 is 10.6 Å². The van der Waals surface area contributed by atoms with Crippen LogP contribution in [0.3, 0.4) is 0 Å². The van der Waals surface area contributed by atoms with Crippen LogP contribution in [0.2, 0.25) is 0 Å². The molecule has 2 amide bonds. The molecule has 0 aromatic rings. The third-order valence-corrected chi connectivity index (χ3v) is 3.80. The maximum atomic E-state index is 12.2. The van der Waals surface area contributed by atoms with Gasteiger partial charge in [-0.2, -0.15) is 0 Å². The van der Waals surface area contributed by atoms with E-state index >= 15 is 0 Å². The van der Waals surface area contributed by atoms with E-state index in [9.17, 15) is 9.59 Å². The summed E-state index contributed by atoms with van der Waals surface area (Å²) in [4.78, 5) is 23.7. The molecule has 0 saturated heterocycles. The highest BCUT2D eigenvalue weighted by atomic mass is 16.6. The highest BCUT2D eigenvalue weighted by Gasteiger charge is 2.60. The molecule has 1 saturated carbocycles. The molecule has 1 rings (SSSR count). The van der Waals surface area contributed by atoms with Gasteiger partial charge in [0, 0.05) is 13.1 Å². The number of hydrogen-bond acceptors (Lipinski definition) is 3. The summed E-state index contributed by atoms with van der Waals surface area (Å²) in [7, 11) is 0. The number of carbonyl (C=O) groups is 2. The van der Waals surface area contributed by atoms with Gasteiger partial charge in [-0.3, -0.25) is 4.79 Å². The van der Waals surface area contributed by atoms with Crippen LogP contribution in [-0.2, 0) is 9.53 Å². The van der Waals surface area contributed by atoms with Gasteiger partial charge >= 0.3 is 6.09 Å². The first-order valence-corrected chi connectivity index (χ1v) is 7.84. The van der Waals surface area contributed by atoms with Gasteiger partial charge in [0.25, 0.3) is 0 Å². The van der Waals surface area contributed by atoms with Crippen LogP contribution in [0.5, 0.6) is 0 Å². The molecular formula is C17H30N2O3. The monoisotopic (exact) mass is 310 g/mol. The van der Waals surface area contributed by atoms with Crippen molar-refractivity contribution < 1.29 is 14.3 Å². The normalized spacial score (nSPS) is 22.5. The van der Waals surface area contributed by atoms with Crippen LogP contribution in [0.15, 0.2) is 11.6 Å². The number of allylic oxidation sites excluding steroid dienone is 2. The molecule has 126 valence electrons. The molecule has 22 heavy (non-hydrogen) atoms. The van der Waals surface area contributed by atoms with Crippen LogP contribution in [0.4, 0.5) is 4.79 Å². The molecule has 5 heteroatoms. The van der Waals surface area contributed by atoms with E-state index in [0.29, 0.717) is 19.0 Å². The smallest absolute Gasteiger partial charge is 0.407 e. The van der Waals surface area contributed by atoms with Crippen molar-refractivity contribution in [1.82, 2.24) is 10.6 Å². The lowest BCUT2D eigenvalue weighted by molar-refractivity contribution is -0.123. The molecule has 1 aliphatic rings. The number of nitrogens with one attached hydrogen (secondary N) is 2. The number of rotatable bonds is 5. The first-order chi connectivity index (χ1) is 9.95. The van der Waals surface area contributed by atoms with Gasteiger partial charge in [-0.15, -0.1) is 0 Å². The summed E-state index contributed by atoms with van der Waals surface area (Å²) < 4.78 is 5.13. The van der Waals surface area contributed by atoms with E-state index in [1.54, 1.807) is 0 Å². The van der Waals surface area contributed by atoms with Gasteiger partial charge in [-0.1, -0.05) is 25.5 Å². The fraction of sp³-hybridized carbons (Fsp3) is 0.765. The lowest BCUT2D eigenvalue weighted by Gasteiger charge is -2.19. The molecule has 0 spiro atoms. The predicted molar refractivity (Wildman–Crippen MR) is 87.4 cm³/mol. The van der Waals surface area contributed by atoms with Crippen molar-refractivity contribution in [2.75, 3.05) is 13.1 Å². The summed E-state index contributed by atoms with van der Waals surface area (Å²) in [6.07, 6.45) is 1.71. The van der Waals surface area contributed by atoms with E-state index in [1.165, 1.54) is 5.57 Å². The van der Waals surface area contributed by atoms with Crippen LogP contribution in [0, 0.1) is 17.3 Å². The fourth-order valence-electron chi connectivity index (χ4n) is 2.62. The first kappa shape index (κ1) is 18.5. The van der Waals surface area contributed by atoms with Crippen molar-refractivity contribution in [2.24, 2.45) is 17.3 Å². The molecule has 0 aliphatic heterocycles. The molecule has 0 aromatic carbocycles. The van der Waals surface area contributed by atoms with Crippen molar-refractivity contribution in [3.63, 3.8) is 0 Å². The van der Waals surface area contributed by atoms with Crippen molar-refractivity contribution in [3.05, 3.63) is 11.6 Å². The van der Waals surface area contributed by atoms with Gasteiger partial charge in [0.1, 0.15) is 5.60 Å². The second kappa shape index (κ2) is 6.71. The Morgan fingerprint density at radius 2 is 1.68 bits per heavy atom. The zero-order chi connectivity index (χ0) is 17.1. The Bertz CT molecular complexity index is 457. The average molecular weight is 310 g/mol. The van der Waals surface area contributed by atoms with Gasteiger partial charge in [0.05, 0.1) is 5.92 Å². The molecule has 1 fully saturated rings.